The number of nitrogens with one attached hydrogen (secondary N) is 3. The fraction of sp³-hybridized carbons (Fsp3) is 0.385. The Bertz CT molecular complexity index is 785. The van der Waals surface area contributed by atoms with Crippen LogP contribution in [-0.4, -0.2) is 64.5 Å². The third kappa shape index (κ3) is 5.55. The summed E-state index contributed by atoms with van der Waals surface area (Å²) in [6.45, 7) is 0. The molecule has 27 heavy (non-hydrogen) atoms. The number of alkyl halides is 1. The van der Waals surface area contributed by atoms with Crippen LogP contribution in [0.5, 0.6) is 0 Å². The number of thiazole rings is 1. The molecule has 1 aliphatic rings. The Kier molecular flexibility index (Phi) is 7.38. The van der Waals surface area contributed by atoms with Gasteiger partial charge in [0.1, 0.15) is 30.1 Å². The highest BCUT2D eigenvalue weighted by molar-refractivity contribution is 8.00. The summed E-state index contributed by atoms with van der Waals surface area (Å²) in [5, 5.41) is 12.4. The van der Waals surface area contributed by atoms with Gasteiger partial charge in [-0.3, -0.25) is 19.2 Å². The Morgan fingerprint density at radius 2 is 2.26 bits per heavy atom. The number of nitrogens with two attached hydrogens (primary N) is 1. The Balaban J connectivity index is 2.07. The van der Waals surface area contributed by atoms with E-state index in [2.05, 4.69) is 30.9 Å². The zero-order valence-corrected chi connectivity index (χ0v) is 16.2. The largest absolute Gasteiger partial charge is 0.398 e. The average molecular weight is 435 g/mol. The van der Waals surface area contributed by atoms with Crippen LogP contribution >= 0.6 is 34.7 Å². The Hall–Kier alpha value is -2.38. The third-order valence-electron chi connectivity index (χ3n) is 3.07. The summed E-state index contributed by atoms with van der Waals surface area (Å²) in [5.41, 5.74) is 5.03. The molecule has 4 amide bonds. The van der Waals surface area contributed by atoms with E-state index in [-0.39, 0.29) is 28.2 Å². The first kappa shape index (κ1) is 20.9. The van der Waals surface area contributed by atoms with Crippen molar-refractivity contribution < 1.29 is 24.0 Å². The maximum absolute atomic E-state index is 12.5. The molecule has 0 spiro atoms. The number of amides is 4. The van der Waals surface area contributed by atoms with Crippen LogP contribution < -0.4 is 21.7 Å². The van der Waals surface area contributed by atoms with E-state index in [4.69, 9.17) is 17.3 Å². The lowest BCUT2D eigenvalue weighted by molar-refractivity contribution is -0.132. The molecular formula is C13H15ClN6O5S2. The topological polar surface area (TPSA) is 165 Å². The number of primary amides is 1. The summed E-state index contributed by atoms with van der Waals surface area (Å²) in [4.78, 5) is 55.1. The lowest BCUT2D eigenvalue weighted by Crippen LogP contribution is -2.68. The van der Waals surface area contributed by atoms with E-state index in [1.54, 1.807) is 0 Å². The van der Waals surface area contributed by atoms with E-state index in [9.17, 15) is 19.2 Å². The maximum Gasteiger partial charge on any atom is 0.276 e. The molecule has 0 aliphatic carbocycles. The second kappa shape index (κ2) is 9.53. The molecule has 0 aromatic carbocycles. The van der Waals surface area contributed by atoms with Crippen molar-refractivity contribution in [2.75, 3.05) is 24.1 Å². The summed E-state index contributed by atoms with van der Waals surface area (Å²) in [5.74, 6) is -2.35. The molecule has 0 unspecified atom stereocenters. The van der Waals surface area contributed by atoms with Gasteiger partial charge in [-0.1, -0.05) is 5.16 Å². The zero-order valence-electron chi connectivity index (χ0n) is 13.9. The van der Waals surface area contributed by atoms with Gasteiger partial charge in [0.15, 0.2) is 10.8 Å². The van der Waals surface area contributed by atoms with E-state index in [1.807, 2.05) is 0 Å². The van der Waals surface area contributed by atoms with Crippen LogP contribution in [0.15, 0.2) is 10.5 Å². The fourth-order valence-electron chi connectivity index (χ4n) is 1.90. The van der Waals surface area contributed by atoms with Gasteiger partial charge in [0.2, 0.25) is 17.7 Å². The van der Waals surface area contributed by atoms with Gasteiger partial charge < -0.3 is 26.5 Å². The fourth-order valence-corrected chi connectivity index (χ4v) is 3.61. The molecule has 1 fully saturated rings. The molecule has 1 saturated heterocycles. The van der Waals surface area contributed by atoms with Crippen LogP contribution in [-0.2, 0) is 24.0 Å². The summed E-state index contributed by atoms with van der Waals surface area (Å²) < 4.78 is 0. The van der Waals surface area contributed by atoms with Gasteiger partial charge in [-0.25, -0.2) is 4.98 Å². The number of halogens is 1. The molecule has 2 rings (SSSR count). The number of hydrogen-bond donors (Lipinski definition) is 4. The number of nitrogens with zero attached hydrogens (tertiary/aromatic N) is 2. The number of β-lactam (4-membered cyclic amide) rings is 1. The lowest BCUT2D eigenvalue weighted by Gasteiger charge is -2.36. The minimum atomic E-state index is -0.863. The van der Waals surface area contributed by atoms with Crippen molar-refractivity contribution in [3.8, 4) is 0 Å². The van der Waals surface area contributed by atoms with Gasteiger partial charge in [-0.05, 0) is 0 Å². The maximum atomic E-state index is 12.5. The van der Waals surface area contributed by atoms with Crippen molar-refractivity contribution in [2.24, 2.45) is 10.9 Å². The molecule has 5 N–H and O–H groups in total. The minimum absolute atomic E-state index is 0.00789. The van der Waals surface area contributed by atoms with Crippen molar-refractivity contribution in [1.82, 2.24) is 15.6 Å². The van der Waals surface area contributed by atoms with E-state index >= 15 is 0 Å². The Morgan fingerprint density at radius 1 is 1.52 bits per heavy atom. The van der Waals surface area contributed by atoms with Crippen molar-refractivity contribution in [1.29, 1.82) is 0 Å². The third-order valence-corrected chi connectivity index (χ3v) is 5.27. The first-order chi connectivity index (χ1) is 12.8. The summed E-state index contributed by atoms with van der Waals surface area (Å²) in [6, 6.07) is -0.863. The number of carbonyl (C=O) groups is 4. The van der Waals surface area contributed by atoms with Crippen molar-refractivity contribution in [3.63, 3.8) is 0 Å². The monoisotopic (exact) mass is 434 g/mol. The number of thioether (sulfide) groups is 1. The minimum Gasteiger partial charge on any atom is -0.398 e. The molecule has 2 atom stereocenters. The molecule has 0 radical (unpaired) electrons. The van der Waals surface area contributed by atoms with Crippen LogP contribution in [0.4, 0.5) is 5.13 Å². The van der Waals surface area contributed by atoms with Gasteiger partial charge in [-0.15, -0.1) is 34.7 Å². The molecule has 1 aliphatic heterocycles. The van der Waals surface area contributed by atoms with Crippen LogP contribution in [0, 0.1) is 0 Å². The second-order valence-electron chi connectivity index (χ2n) is 5.00. The van der Waals surface area contributed by atoms with E-state index in [1.165, 1.54) is 12.5 Å². The SMILES string of the molecule is CON=C(C(=O)N[C@@H]1C(=O)N[C@@H]1SCC(N)=O)c1csc(NC(=O)CCl)n1. The van der Waals surface area contributed by atoms with Crippen molar-refractivity contribution in [2.45, 2.75) is 11.4 Å². The molecule has 2 heterocycles. The summed E-state index contributed by atoms with van der Waals surface area (Å²) in [7, 11) is 1.25. The standard InChI is InChI=1S/C13H15ClN6O5S2/c1-25-20-8(5-3-27-13(16-5)17-7(22)2-14)10(23)18-9-11(24)19-12(9)26-4-6(15)21/h3,9,12H,2,4H2,1H3,(H2,15,21)(H,18,23)(H,19,24)(H,16,17,22)/t9-,12-/m1/s1. The molecule has 14 heteroatoms. The Morgan fingerprint density at radius 3 is 2.85 bits per heavy atom. The Labute approximate surface area is 166 Å². The van der Waals surface area contributed by atoms with Crippen LogP contribution in [0.1, 0.15) is 5.69 Å². The van der Waals surface area contributed by atoms with E-state index in [0.717, 1.165) is 23.1 Å². The quantitative estimate of drug-likeness (QED) is 0.164. The van der Waals surface area contributed by atoms with Crippen LogP contribution in [0.3, 0.4) is 0 Å². The molecule has 0 saturated carbocycles. The smallest absolute Gasteiger partial charge is 0.276 e. The highest BCUT2D eigenvalue weighted by Gasteiger charge is 2.41. The molecular weight excluding hydrogens is 420 g/mol. The number of oxime groups is 1. The average Bonchev–Trinajstić information content (AvgIpc) is 3.08. The number of hydrogen-bond acceptors (Lipinski definition) is 9. The lowest BCUT2D eigenvalue weighted by atomic mass is 10.1. The summed E-state index contributed by atoms with van der Waals surface area (Å²) in [6.07, 6.45) is 0. The van der Waals surface area contributed by atoms with Gasteiger partial charge in [0, 0.05) is 5.38 Å². The van der Waals surface area contributed by atoms with Gasteiger partial charge >= 0.3 is 0 Å². The molecule has 1 aromatic heterocycles. The van der Waals surface area contributed by atoms with Crippen LogP contribution in [0.25, 0.3) is 0 Å². The highest BCUT2D eigenvalue weighted by Crippen LogP contribution is 2.20. The molecule has 146 valence electrons. The van der Waals surface area contributed by atoms with E-state index in [0.29, 0.717) is 0 Å². The molecule has 0 bridgehead atoms. The normalized spacial score (nSPS) is 18.9. The van der Waals surface area contributed by atoms with Crippen molar-refractivity contribution >= 4 is 69.2 Å². The first-order valence-electron chi connectivity index (χ1n) is 7.29. The number of carbonyl (C=O) groups excluding carboxylic acids is 4. The van der Waals surface area contributed by atoms with Gasteiger partial charge in [-0.2, -0.15) is 0 Å². The number of aromatic nitrogens is 1. The summed E-state index contributed by atoms with van der Waals surface area (Å²) >= 11 is 7.57. The zero-order chi connectivity index (χ0) is 20.0. The van der Waals surface area contributed by atoms with Crippen LogP contribution in [0.2, 0.25) is 0 Å². The predicted octanol–water partition coefficient (Wildman–Crippen LogP) is -1.17. The van der Waals surface area contributed by atoms with Crippen molar-refractivity contribution in [3.05, 3.63) is 11.1 Å². The van der Waals surface area contributed by atoms with E-state index < -0.39 is 35.0 Å². The second-order valence-corrected chi connectivity index (χ2v) is 7.26. The molecule has 11 nitrogen and oxygen atoms in total. The first-order valence-corrected chi connectivity index (χ1v) is 9.76. The highest BCUT2D eigenvalue weighted by atomic mass is 35.5. The molecule has 1 aromatic rings. The van der Waals surface area contributed by atoms with Gasteiger partial charge in [0.25, 0.3) is 5.91 Å². The van der Waals surface area contributed by atoms with Gasteiger partial charge in [0.05, 0.1) is 5.75 Å². The predicted molar refractivity (Wildman–Crippen MR) is 101 cm³/mol. The number of rotatable bonds is 9. The number of anilines is 1.